The molecular formula is C19H20N4OS. The Labute approximate surface area is 151 Å². The molecule has 128 valence electrons. The molecule has 2 N–H and O–H groups in total. The summed E-state index contributed by atoms with van der Waals surface area (Å²) in [6, 6.07) is 15.7. The van der Waals surface area contributed by atoms with E-state index < -0.39 is 0 Å². The fraction of sp³-hybridized carbons (Fsp3) is 0.211. The molecule has 1 heterocycles. The van der Waals surface area contributed by atoms with Gasteiger partial charge in [-0.25, -0.2) is 4.99 Å². The maximum atomic E-state index is 11.4. The number of carbonyl (C=O) groups excluding carboxylic acids is 1. The summed E-state index contributed by atoms with van der Waals surface area (Å²) < 4.78 is 0. The molecule has 0 atom stereocenters. The molecule has 0 unspecified atom stereocenters. The van der Waals surface area contributed by atoms with Crippen LogP contribution < -0.4 is 10.7 Å². The summed E-state index contributed by atoms with van der Waals surface area (Å²) in [7, 11) is 0. The Balaban J connectivity index is 1.69. The van der Waals surface area contributed by atoms with Gasteiger partial charge in [-0.1, -0.05) is 49.0 Å². The standard InChI is InChI=1S/C19H20N4OS/c1-3-18(24)20-15-10-8-14(9-11-15)17-12-25-19(23-22-17)21-16-7-5-4-6-13(16)2/h4-11H,3,12H2,1-2H3,(H,20,24)(H,21,23). The zero-order chi connectivity index (χ0) is 17.6. The summed E-state index contributed by atoms with van der Waals surface area (Å²) in [6.07, 6.45) is 0.470. The Morgan fingerprint density at radius 3 is 2.64 bits per heavy atom. The predicted octanol–water partition coefficient (Wildman–Crippen LogP) is 4.07. The van der Waals surface area contributed by atoms with Crippen molar-refractivity contribution >= 4 is 39.9 Å². The number of benzene rings is 2. The number of carbonyl (C=O) groups is 1. The molecule has 0 aliphatic carbocycles. The number of anilines is 1. The maximum absolute atomic E-state index is 11.4. The van der Waals surface area contributed by atoms with Crippen molar-refractivity contribution in [2.45, 2.75) is 20.3 Å². The van der Waals surface area contributed by atoms with Crippen LogP contribution in [0.15, 0.2) is 58.6 Å². The summed E-state index contributed by atoms with van der Waals surface area (Å²) in [5, 5.41) is 8.08. The van der Waals surface area contributed by atoms with Gasteiger partial charge in [0.2, 0.25) is 5.91 Å². The fourth-order valence-electron chi connectivity index (χ4n) is 2.32. The van der Waals surface area contributed by atoms with Crippen molar-refractivity contribution in [2.75, 3.05) is 11.1 Å². The van der Waals surface area contributed by atoms with Crippen molar-refractivity contribution in [1.29, 1.82) is 0 Å². The van der Waals surface area contributed by atoms with Gasteiger partial charge in [-0.2, -0.15) is 5.10 Å². The summed E-state index contributed by atoms with van der Waals surface area (Å²) in [5.41, 5.74) is 7.91. The number of amidine groups is 1. The monoisotopic (exact) mass is 352 g/mol. The van der Waals surface area contributed by atoms with E-state index in [0.29, 0.717) is 6.42 Å². The second-order valence-electron chi connectivity index (χ2n) is 5.64. The zero-order valence-corrected chi connectivity index (χ0v) is 15.1. The molecule has 0 bridgehead atoms. The Morgan fingerprint density at radius 1 is 1.24 bits per heavy atom. The third-order valence-corrected chi connectivity index (χ3v) is 4.67. The van der Waals surface area contributed by atoms with Crippen LogP contribution in [-0.2, 0) is 4.79 Å². The van der Waals surface area contributed by atoms with Gasteiger partial charge in [-0.15, -0.1) is 0 Å². The van der Waals surface area contributed by atoms with Gasteiger partial charge in [-0.3, -0.25) is 10.2 Å². The Hall–Kier alpha value is -2.60. The number of aliphatic imine (C=N–C) groups is 1. The maximum Gasteiger partial charge on any atom is 0.224 e. The van der Waals surface area contributed by atoms with E-state index in [-0.39, 0.29) is 5.91 Å². The van der Waals surface area contributed by atoms with Crippen molar-refractivity contribution in [3.63, 3.8) is 0 Å². The number of hydrazone groups is 1. The first kappa shape index (κ1) is 17.2. The molecule has 0 spiro atoms. The Morgan fingerprint density at radius 2 is 2.00 bits per heavy atom. The first-order valence-corrected chi connectivity index (χ1v) is 9.14. The number of rotatable bonds is 4. The molecule has 0 saturated heterocycles. The van der Waals surface area contributed by atoms with Crippen molar-refractivity contribution in [3.05, 3.63) is 59.7 Å². The average Bonchev–Trinajstić information content (AvgIpc) is 2.65. The number of hydrogen-bond donors (Lipinski definition) is 2. The molecule has 5 nitrogen and oxygen atoms in total. The number of aryl methyl sites for hydroxylation is 1. The highest BCUT2D eigenvalue weighted by Gasteiger charge is 2.13. The van der Waals surface area contributed by atoms with E-state index in [9.17, 15) is 4.79 Å². The molecule has 1 amide bonds. The second kappa shape index (κ2) is 7.98. The molecule has 0 fully saturated rings. The lowest BCUT2D eigenvalue weighted by Gasteiger charge is -2.15. The van der Waals surface area contributed by atoms with E-state index in [1.54, 1.807) is 11.8 Å². The SMILES string of the molecule is CCC(=O)Nc1ccc(C2=NNC(=Nc3ccccc3C)SC2)cc1. The van der Waals surface area contributed by atoms with E-state index >= 15 is 0 Å². The minimum atomic E-state index is 0.0111. The zero-order valence-electron chi connectivity index (χ0n) is 14.2. The van der Waals surface area contributed by atoms with Crippen LogP contribution in [0.5, 0.6) is 0 Å². The number of amides is 1. The predicted molar refractivity (Wildman–Crippen MR) is 106 cm³/mol. The third kappa shape index (κ3) is 4.48. The van der Waals surface area contributed by atoms with Crippen LogP contribution in [0.4, 0.5) is 11.4 Å². The van der Waals surface area contributed by atoms with E-state index in [2.05, 4.69) is 20.8 Å². The lowest BCUT2D eigenvalue weighted by Crippen LogP contribution is -2.25. The molecular weight excluding hydrogens is 332 g/mol. The highest BCUT2D eigenvalue weighted by Crippen LogP contribution is 2.22. The number of nitrogens with zero attached hydrogens (tertiary/aromatic N) is 2. The summed E-state index contributed by atoms with van der Waals surface area (Å²) >= 11 is 1.63. The molecule has 25 heavy (non-hydrogen) atoms. The van der Waals surface area contributed by atoms with Crippen LogP contribution in [0.3, 0.4) is 0 Å². The normalized spacial score (nSPS) is 15.4. The minimum absolute atomic E-state index is 0.0111. The molecule has 0 radical (unpaired) electrons. The van der Waals surface area contributed by atoms with Gasteiger partial charge in [0, 0.05) is 17.9 Å². The van der Waals surface area contributed by atoms with Gasteiger partial charge in [-0.05, 0) is 36.2 Å². The lowest BCUT2D eigenvalue weighted by molar-refractivity contribution is -0.115. The van der Waals surface area contributed by atoms with Crippen molar-refractivity contribution in [2.24, 2.45) is 10.1 Å². The highest BCUT2D eigenvalue weighted by molar-refractivity contribution is 8.14. The van der Waals surface area contributed by atoms with E-state index in [1.165, 1.54) is 0 Å². The van der Waals surface area contributed by atoms with Crippen molar-refractivity contribution in [1.82, 2.24) is 5.43 Å². The van der Waals surface area contributed by atoms with E-state index in [4.69, 9.17) is 0 Å². The van der Waals surface area contributed by atoms with E-state index in [1.807, 2.05) is 62.4 Å². The molecule has 2 aromatic rings. The molecule has 0 aromatic heterocycles. The van der Waals surface area contributed by atoms with E-state index in [0.717, 1.165) is 39.1 Å². The van der Waals surface area contributed by atoms with Crippen LogP contribution in [0, 0.1) is 6.92 Å². The molecule has 3 rings (SSSR count). The van der Waals surface area contributed by atoms with Gasteiger partial charge < -0.3 is 5.32 Å². The largest absolute Gasteiger partial charge is 0.326 e. The third-order valence-electron chi connectivity index (χ3n) is 3.79. The lowest BCUT2D eigenvalue weighted by atomic mass is 10.1. The van der Waals surface area contributed by atoms with Crippen LogP contribution in [-0.4, -0.2) is 22.5 Å². The fourth-order valence-corrected chi connectivity index (χ4v) is 3.09. The molecule has 6 heteroatoms. The summed E-state index contributed by atoms with van der Waals surface area (Å²) in [5.74, 6) is 0.760. The van der Waals surface area contributed by atoms with Gasteiger partial charge in [0.15, 0.2) is 5.17 Å². The quantitative estimate of drug-likeness (QED) is 0.872. The van der Waals surface area contributed by atoms with Gasteiger partial charge in [0.25, 0.3) is 0 Å². The van der Waals surface area contributed by atoms with Crippen LogP contribution in [0.2, 0.25) is 0 Å². The number of para-hydroxylation sites is 1. The Kier molecular flexibility index (Phi) is 5.50. The van der Waals surface area contributed by atoms with Gasteiger partial charge in [0.05, 0.1) is 11.4 Å². The van der Waals surface area contributed by atoms with Crippen LogP contribution in [0.25, 0.3) is 0 Å². The van der Waals surface area contributed by atoms with Crippen molar-refractivity contribution < 1.29 is 4.79 Å². The topological polar surface area (TPSA) is 65.8 Å². The molecule has 2 aromatic carbocycles. The number of nitrogens with one attached hydrogen (secondary N) is 2. The summed E-state index contributed by atoms with van der Waals surface area (Å²) in [6.45, 7) is 3.87. The summed E-state index contributed by atoms with van der Waals surface area (Å²) in [4.78, 5) is 16.0. The average molecular weight is 352 g/mol. The first-order chi connectivity index (χ1) is 12.2. The van der Waals surface area contributed by atoms with Crippen molar-refractivity contribution in [3.8, 4) is 0 Å². The van der Waals surface area contributed by atoms with Crippen LogP contribution in [0.1, 0.15) is 24.5 Å². The number of thioether (sulfide) groups is 1. The van der Waals surface area contributed by atoms with Gasteiger partial charge in [0.1, 0.15) is 0 Å². The smallest absolute Gasteiger partial charge is 0.224 e. The molecule has 1 aliphatic heterocycles. The second-order valence-corrected chi connectivity index (χ2v) is 6.61. The van der Waals surface area contributed by atoms with Gasteiger partial charge >= 0.3 is 0 Å². The highest BCUT2D eigenvalue weighted by atomic mass is 32.2. The first-order valence-electron chi connectivity index (χ1n) is 8.15. The number of hydrogen-bond acceptors (Lipinski definition) is 4. The minimum Gasteiger partial charge on any atom is -0.326 e. The van der Waals surface area contributed by atoms with Crippen LogP contribution >= 0.6 is 11.8 Å². The molecule has 0 saturated carbocycles. The Bertz CT molecular complexity index is 828. The molecule has 1 aliphatic rings.